The van der Waals surface area contributed by atoms with Crippen LogP contribution in [0.1, 0.15) is 41.1 Å². The van der Waals surface area contributed by atoms with Crippen molar-refractivity contribution < 1.29 is 20.1 Å². The number of fused-ring (bicyclic) bond motifs is 2. The topological polar surface area (TPSA) is 82.0 Å². The molecule has 4 rings (SSSR count). The van der Waals surface area contributed by atoms with E-state index in [0.29, 0.717) is 25.1 Å². The summed E-state index contributed by atoms with van der Waals surface area (Å²) < 4.78 is 5.88. The third-order valence-electron chi connectivity index (χ3n) is 5.92. The van der Waals surface area contributed by atoms with Gasteiger partial charge in [0.05, 0.1) is 12.2 Å². The van der Waals surface area contributed by atoms with Gasteiger partial charge in [-0.25, -0.2) is 0 Å². The average Bonchev–Trinajstić information content (AvgIpc) is 2.71. The van der Waals surface area contributed by atoms with Crippen LogP contribution in [0.5, 0.6) is 5.75 Å². The highest BCUT2D eigenvalue weighted by molar-refractivity contribution is 5.43. The Morgan fingerprint density at radius 3 is 2.68 bits per heavy atom. The fourth-order valence-electron chi connectivity index (χ4n) is 4.36. The van der Waals surface area contributed by atoms with Crippen LogP contribution in [-0.4, -0.2) is 46.8 Å². The van der Waals surface area contributed by atoms with Gasteiger partial charge in [0, 0.05) is 31.0 Å². The van der Waals surface area contributed by atoms with Gasteiger partial charge < -0.3 is 25.4 Å². The highest BCUT2D eigenvalue weighted by Crippen LogP contribution is 2.31. The van der Waals surface area contributed by atoms with E-state index in [-0.39, 0.29) is 12.6 Å². The third-order valence-corrected chi connectivity index (χ3v) is 5.92. The van der Waals surface area contributed by atoms with E-state index in [9.17, 15) is 15.3 Å². The minimum atomic E-state index is -0.768. The van der Waals surface area contributed by atoms with Gasteiger partial charge in [-0.15, -0.1) is 0 Å². The predicted octanol–water partition coefficient (Wildman–Crippen LogP) is 1.91. The first-order valence-electron chi connectivity index (χ1n) is 10.2. The maximum absolute atomic E-state index is 10.4. The van der Waals surface area contributed by atoms with E-state index >= 15 is 0 Å². The fourth-order valence-corrected chi connectivity index (χ4v) is 4.36. The number of nitrogens with one attached hydrogen (secondary N) is 1. The minimum absolute atomic E-state index is 0.191. The maximum atomic E-state index is 10.4. The largest absolute Gasteiger partial charge is 0.491 e. The van der Waals surface area contributed by atoms with E-state index in [1.54, 1.807) is 0 Å². The Morgan fingerprint density at radius 1 is 1.00 bits per heavy atom. The Hall–Kier alpha value is -1.92. The molecule has 2 aromatic rings. The highest BCUT2D eigenvalue weighted by Gasteiger charge is 2.27. The van der Waals surface area contributed by atoms with Gasteiger partial charge in [0.25, 0.3) is 0 Å². The van der Waals surface area contributed by atoms with Crippen molar-refractivity contribution >= 4 is 0 Å². The number of aliphatic hydroxyl groups is 3. The van der Waals surface area contributed by atoms with Crippen molar-refractivity contribution in [3.8, 4) is 5.75 Å². The fraction of sp³-hybridized carbons (Fsp3) is 0.478. The molecule has 0 saturated carbocycles. The Balaban J connectivity index is 1.33. The Morgan fingerprint density at radius 2 is 1.79 bits per heavy atom. The van der Waals surface area contributed by atoms with Crippen molar-refractivity contribution in [1.29, 1.82) is 0 Å². The second kappa shape index (κ2) is 8.62. The van der Waals surface area contributed by atoms with Crippen LogP contribution in [-0.2, 0) is 19.3 Å². The van der Waals surface area contributed by atoms with Crippen molar-refractivity contribution in [2.45, 2.75) is 56.5 Å². The lowest BCUT2D eigenvalue weighted by Crippen LogP contribution is -2.36. The lowest BCUT2D eigenvalue weighted by atomic mass is 9.87. The predicted molar refractivity (Wildman–Crippen MR) is 107 cm³/mol. The monoisotopic (exact) mass is 383 g/mol. The molecule has 0 spiro atoms. The van der Waals surface area contributed by atoms with E-state index in [1.807, 2.05) is 18.2 Å². The number of aryl methyl sites for hydroxylation is 1. The van der Waals surface area contributed by atoms with E-state index in [4.69, 9.17) is 4.74 Å². The summed E-state index contributed by atoms with van der Waals surface area (Å²) in [6.45, 7) is 0.659. The zero-order valence-electron chi connectivity index (χ0n) is 16.1. The van der Waals surface area contributed by atoms with Gasteiger partial charge in [0.1, 0.15) is 18.5 Å². The van der Waals surface area contributed by atoms with Crippen LogP contribution < -0.4 is 10.1 Å². The summed E-state index contributed by atoms with van der Waals surface area (Å²) in [6.07, 6.45) is 2.05. The summed E-state index contributed by atoms with van der Waals surface area (Å²) in [5.41, 5.74) is 4.67. The molecular weight excluding hydrogens is 354 g/mol. The Kier molecular flexibility index (Phi) is 5.97. The molecule has 2 unspecified atom stereocenters. The number of hydrogen-bond donors (Lipinski definition) is 4. The zero-order valence-corrected chi connectivity index (χ0v) is 16.1. The third kappa shape index (κ3) is 4.23. The molecule has 0 aliphatic heterocycles. The number of rotatable bonds is 6. The molecule has 0 aromatic heterocycles. The molecule has 5 nitrogen and oxygen atoms in total. The molecule has 0 amide bonds. The van der Waals surface area contributed by atoms with E-state index in [1.165, 1.54) is 11.1 Å². The number of ether oxygens (including phenoxy) is 1. The first kappa shape index (κ1) is 19.4. The lowest BCUT2D eigenvalue weighted by molar-refractivity contribution is 0.0132. The van der Waals surface area contributed by atoms with Crippen LogP contribution in [0.4, 0.5) is 0 Å². The molecule has 5 heteroatoms. The first-order chi connectivity index (χ1) is 13.6. The highest BCUT2D eigenvalue weighted by atomic mass is 16.5. The molecule has 2 aliphatic rings. The number of hydrogen-bond acceptors (Lipinski definition) is 5. The van der Waals surface area contributed by atoms with Gasteiger partial charge in [-0.1, -0.05) is 36.4 Å². The molecule has 0 saturated heterocycles. The van der Waals surface area contributed by atoms with Crippen LogP contribution in [0.3, 0.4) is 0 Å². The van der Waals surface area contributed by atoms with Crippen molar-refractivity contribution in [1.82, 2.24) is 5.32 Å². The summed E-state index contributed by atoms with van der Waals surface area (Å²) >= 11 is 0. The summed E-state index contributed by atoms with van der Waals surface area (Å²) in [7, 11) is 0. The molecular formula is C23H29NO4. The van der Waals surface area contributed by atoms with E-state index in [0.717, 1.165) is 30.4 Å². The molecule has 0 radical (unpaired) electrons. The smallest absolute Gasteiger partial charge is 0.123 e. The summed E-state index contributed by atoms with van der Waals surface area (Å²) in [4.78, 5) is 0. The Labute approximate surface area is 166 Å². The molecule has 0 heterocycles. The number of benzene rings is 2. The van der Waals surface area contributed by atoms with Crippen LogP contribution >= 0.6 is 0 Å². The first-order valence-corrected chi connectivity index (χ1v) is 10.2. The molecule has 150 valence electrons. The van der Waals surface area contributed by atoms with Gasteiger partial charge in [-0.2, -0.15) is 0 Å². The lowest BCUT2D eigenvalue weighted by Gasteiger charge is -2.28. The summed E-state index contributed by atoms with van der Waals surface area (Å²) in [6, 6.07) is 14.5. The van der Waals surface area contributed by atoms with E-state index in [2.05, 4.69) is 29.6 Å². The van der Waals surface area contributed by atoms with Gasteiger partial charge >= 0.3 is 0 Å². The molecule has 2 aliphatic carbocycles. The van der Waals surface area contributed by atoms with Crippen LogP contribution in [0.2, 0.25) is 0 Å². The normalized spacial score (nSPS) is 24.9. The minimum Gasteiger partial charge on any atom is -0.491 e. The molecule has 2 aromatic carbocycles. The second-order valence-corrected chi connectivity index (χ2v) is 7.95. The number of aliphatic hydroxyl groups excluding tert-OH is 3. The quantitative estimate of drug-likeness (QED) is 0.613. The summed E-state index contributed by atoms with van der Waals surface area (Å²) in [5.74, 6) is 0.686. The molecule has 4 N–H and O–H groups in total. The van der Waals surface area contributed by atoms with Crippen LogP contribution in [0.25, 0.3) is 0 Å². The van der Waals surface area contributed by atoms with Gasteiger partial charge in [-0.05, 0) is 42.0 Å². The molecule has 0 fully saturated rings. The van der Waals surface area contributed by atoms with Crippen LogP contribution in [0.15, 0.2) is 42.5 Å². The summed E-state index contributed by atoms with van der Waals surface area (Å²) in [5, 5.41) is 33.7. The van der Waals surface area contributed by atoms with Gasteiger partial charge in [0.2, 0.25) is 0 Å². The van der Waals surface area contributed by atoms with E-state index < -0.39 is 18.3 Å². The average molecular weight is 383 g/mol. The van der Waals surface area contributed by atoms with Crippen molar-refractivity contribution in [2.75, 3.05) is 13.2 Å². The van der Waals surface area contributed by atoms with Crippen molar-refractivity contribution in [3.05, 3.63) is 64.7 Å². The maximum Gasteiger partial charge on any atom is 0.123 e. The Bertz CT molecular complexity index is 809. The second-order valence-electron chi connectivity index (χ2n) is 7.95. The SMILES string of the molecule is OC(CNC1CCCc2ccccc21)COc1cccc2c1C[C@H](O)[C@@H](O)C2. The molecule has 28 heavy (non-hydrogen) atoms. The van der Waals surface area contributed by atoms with Crippen LogP contribution in [0, 0.1) is 0 Å². The zero-order chi connectivity index (χ0) is 19.5. The van der Waals surface area contributed by atoms with Crippen molar-refractivity contribution in [3.63, 3.8) is 0 Å². The standard InChI is InChI=1S/C23H29NO4/c25-17(13-24-20-9-3-6-15-5-1-2-8-18(15)20)14-28-23-10-4-7-16-11-21(26)22(27)12-19(16)23/h1-2,4-5,7-8,10,17,20-22,24-27H,3,6,9,11-14H2/t17?,20?,21-,22-/m0/s1. The molecule has 4 atom stereocenters. The molecule has 0 bridgehead atoms. The van der Waals surface area contributed by atoms with Crippen molar-refractivity contribution in [2.24, 2.45) is 0 Å². The van der Waals surface area contributed by atoms with Gasteiger partial charge in [-0.3, -0.25) is 0 Å². The van der Waals surface area contributed by atoms with Gasteiger partial charge in [0.15, 0.2) is 0 Å².